The van der Waals surface area contributed by atoms with E-state index >= 15 is 0 Å². The van der Waals surface area contributed by atoms with Gasteiger partial charge in [-0.05, 0) is 24.3 Å². The van der Waals surface area contributed by atoms with E-state index < -0.39 is 8.56 Å². The summed E-state index contributed by atoms with van der Waals surface area (Å²) < 4.78 is 30.6. The summed E-state index contributed by atoms with van der Waals surface area (Å²) in [6.07, 6.45) is -1.33. The van der Waals surface area contributed by atoms with Gasteiger partial charge in [0.15, 0.2) is 6.10 Å². The van der Waals surface area contributed by atoms with Crippen LogP contribution >= 0.6 is 0 Å². The predicted molar refractivity (Wildman–Crippen MR) is 115 cm³/mol. The van der Waals surface area contributed by atoms with E-state index in [1.165, 1.54) is 0 Å². The second kappa shape index (κ2) is 7.22. The Bertz CT molecular complexity index is 785. The van der Waals surface area contributed by atoms with Crippen molar-refractivity contribution in [1.82, 2.24) is 0 Å². The lowest BCUT2D eigenvalue weighted by molar-refractivity contribution is -0.171. The molecule has 3 fully saturated rings. The van der Waals surface area contributed by atoms with Gasteiger partial charge < -0.3 is 23.1 Å². The van der Waals surface area contributed by atoms with Crippen molar-refractivity contribution in [2.75, 3.05) is 25.2 Å². The molecule has 3 aliphatic heterocycles. The molecule has 0 radical (unpaired) electrons. The lowest BCUT2D eigenvalue weighted by Crippen LogP contribution is -2.70. The zero-order valence-corrected chi connectivity index (χ0v) is 19.9. The van der Waals surface area contributed by atoms with Crippen molar-refractivity contribution < 1.29 is 27.9 Å². The molecule has 4 atom stereocenters. The second-order valence-electron chi connectivity index (χ2n) is 10.4. The standard InChI is InChI=1S/C22H33NO6Si/c1-21(2,3)30(22(4,5)6)27-13-17-19(29-30)18-16(12-26-17)23(20(24)28-18)14-8-10-15(25-7)11-9-14/h8-11,16-19H,12-13H2,1-7H3/t16-,17-,18-,19-/m1/s1. The van der Waals surface area contributed by atoms with Crippen LogP contribution in [0.5, 0.6) is 5.75 Å². The van der Waals surface area contributed by atoms with Crippen molar-refractivity contribution in [3.63, 3.8) is 0 Å². The third-order valence-corrected chi connectivity index (χ3v) is 11.5. The Morgan fingerprint density at radius 3 is 2.20 bits per heavy atom. The summed E-state index contributed by atoms with van der Waals surface area (Å²) in [4.78, 5) is 14.5. The maximum absolute atomic E-state index is 12.9. The highest BCUT2D eigenvalue weighted by Crippen LogP contribution is 2.55. The first-order valence-corrected chi connectivity index (χ1v) is 12.4. The fourth-order valence-electron chi connectivity index (χ4n) is 5.18. The lowest BCUT2D eigenvalue weighted by atomic mass is 9.98. The van der Waals surface area contributed by atoms with Gasteiger partial charge in [0.2, 0.25) is 0 Å². The number of benzene rings is 1. The van der Waals surface area contributed by atoms with E-state index in [1.54, 1.807) is 12.0 Å². The molecule has 1 aromatic carbocycles. The molecule has 3 aliphatic rings. The quantitative estimate of drug-likeness (QED) is 0.647. The molecule has 0 aromatic heterocycles. The number of carbonyl (C=O) groups is 1. The second-order valence-corrected chi connectivity index (χ2v) is 15.1. The molecule has 1 aromatic rings. The van der Waals surface area contributed by atoms with E-state index in [2.05, 4.69) is 41.5 Å². The molecule has 0 N–H and O–H groups in total. The van der Waals surface area contributed by atoms with Gasteiger partial charge in [0.1, 0.15) is 24.0 Å². The minimum absolute atomic E-state index is 0.151. The summed E-state index contributed by atoms with van der Waals surface area (Å²) in [6.45, 7) is 13.9. The number of methoxy groups -OCH3 is 1. The van der Waals surface area contributed by atoms with Crippen LogP contribution in [0, 0.1) is 0 Å². The summed E-state index contributed by atoms with van der Waals surface area (Å²) in [6, 6.07) is 7.16. The molecule has 3 heterocycles. The normalized spacial score (nSPS) is 31.0. The van der Waals surface area contributed by atoms with Crippen LogP contribution in [0.25, 0.3) is 0 Å². The molecule has 30 heavy (non-hydrogen) atoms. The summed E-state index contributed by atoms with van der Waals surface area (Å²) in [7, 11) is -1.08. The number of nitrogens with zero attached hydrogens (tertiary/aromatic N) is 1. The molecule has 0 unspecified atom stereocenters. The van der Waals surface area contributed by atoms with Gasteiger partial charge in [0, 0.05) is 15.8 Å². The SMILES string of the molecule is COc1ccc(N2C(=O)O[C@H]3[C@@H]4O[Si](C(C)(C)C)(C(C)(C)C)OC[C@H]4OC[C@H]32)cc1. The van der Waals surface area contributed by atoms with Crippen LogP contribution in [0.1, 0.15) is 41.5 Å². The Balaban J connectivity index is 1.64. The number of ether oxygens (including phenoxy) is 3. The third-order valence-electron chi connectivity index (χ3n) is 6.39. The van der Waals surface area contributed by atoms with E-state index in [4.69, 9.17) is 23.1 Å². The number of amides is 1. The van der Waals surface area contributed by atoms with Gasteiger partial charge in [-0.15, -0.1) is 0 Å². The van der Waals surface area contributed by atoms with Crippen LogP contribution in [0.15, 0.2) is 24.3 Å². The van der Waals surface area contributed by atoms with Crippen LogP contribution < -0.4 is 9.64 Å². The molecule has 3 saturated heterocycles. The molecular formula is C22H33NO6Si. The minimum Gasteiger partial charge on any atom is -0.497 e. The van der Waals surface area contributed by atoms with Gasteiger partial charge in [-0.25, -0.2) is 4.79 Å². The number of hydrogen-bond donors (Lipinski definition) is 0. The molecule has 8 heteroatoms. The van der Waals surface area contributed by atoms with Gasteiger partial charge in [0.05, 0.1) is 20.3 Å². The van der Waals surface area contributed by atoms with Crippen molar-refractivity contribution in [3.05, 3.63) is 24.3 Å². The predicted octanol–water partition coefficient (Wildman–Crippen LogP) is 4.25. The summed E-state index contributed by atoms with van der Waals surface area (Å²) >= 11 is 0. The van der Waals surface area contributed by atoms with E-state index in [0.717, 1.165) is 11.4 Å². The first-order chi connectivity index (χ1) is 14.0. The molecule has 1 amide bonds. The average molecular weight is 436 g/mol. The van der Waals surface area contributed by atoms with Crippen LogP contribution in [0.3, 0.4) is 0 Å². The van der Waals surface area contributed by atoms with E-state index in [1.807, 2.05) is 24.3 Å². The molecule has 0 aliphatic carbocycles. The third kappa shape index (κ3) is 3.25. The highest BCUT2D eigenvalue weighted by Gasteiger charge is 2.65. The van der Waals surface area contributed by atoms with Crippen LogP contribution in [0.4, 0.5) is 10.5 Å². The highest BCUT2D eigenvalue weighted by molar-refractivity contribution is 6.73. The Hall–Kier alpha value is -1.61. The first kappa shape index (κ1) is 21.6. The maximum atomic E-state index is 12.9. The Morgan fingerprint density at radius 1 is 1.00 bits per heavy atom. The summed E-state index contributed by atoms with van der Waals surface area (Å²) in [5, 5.41) is -0.303. The Labute approximate surface area is 179 Å². The molecule has 0 bridgehead atoms. The molecule has 4 rings (SSSR count). The zero-order chi connectivity index (χ0) is 21.9. The van der Waals surface area contributed by atoms with Crippen LogP contribution in [0.2, 0.25) is 10.1 Å². The van der Waals surface area contributed by atoms with Gasteiger partial charge in [-0.2, -0.15) is 0 Å². The van der Waals surface area contributed by atoms with Crippen LogP contribution in [-0.2, 0) is 18.3 Å². The van der Waals surface area contributed by atoms with Crippen molar-refractivity contribution in [2.24, 2.45) is 0 Å². The van der Waals surface area contributed by atoms with Crippen molar-refractivity contribution in [3.8, 4) is 5.75 Å². The number of carbonyl (C=O) groups excluding carboxylic acids is 1. The van der Waals surface area contributed by atoms with Gasteiger partial charge in [-0.3, -0.25) is 4.90 Å². The largest absolute Gasteiger partial charge is 0.497 e. The fourth-order valence-corrected chi connectivity index (χ4v) is 10.1. The molecule has 0 saturated carbocycles. The summed E-state index contributed by atoms with van der Waals surface area (Å²) in [5.41, 5.74) is 0.762. The number of rotatable bonds is 2. The smallest absolute Gasteiger partial charge is 0.415 e. The molecule has 7 nitrogen and oxygen atoms in total. The van der Waals surface area contributed by atoms with E-state index in [9.17, 15) is 4.79 Å². The van der Waals surface area contributed by atoms with Crippen molar-refractivity contribution in [1.29, 1.82) is 0 Å². The molecule has 0 spiro atoms. The topological polar surface area (TPSA) is 66.5 Å². The number of fused-ring (bicyclic) bond motifs is 3. The first-order valence-electron chi connectivity index (χ1n) is 10.6. The maximum Gasteiger partial charge on any atom is 0.415 e. The fraction of sp³-hybridized carbons (Fsp3) is 0.682. The zero-order valence-electron chi connectivity index (χ0n) is 18.9. The van der Waals surface area contributed by atoms with Gasteiger partial charge in [0.25, 0.3) is 0 Å². The number of hydrogen-bond acceptors (Lipinski definition) is 6. The Morgan fingerprint density at radius 2 is 1.63 bits per heavy atom. The summed E-state index contributed by atoms with van der Waals surface area (Å²) in [5.74, 6) is 0.738. The average Bonchev–Trinajstić information content (AvgIpc) is 3.02. The number of anilines is 1. The van der Waals surface area contributed by atoms with Crippen molar-refractivity contribution in [2.45, 2.75) is 76.0 Å². The van der Waals surface area contributed by atoms with E-state index in [0.29, 0.717) is 13.2 Å². The molecule has 166 valence electrons. The molecular weight excluding hydrogens is 402 g/mol. The highest BCUT2D eigenvalue weighted by atomic mass is 28.4. The monoisotopic (exact) mass is 435 g/mol. The van der Waals surface area contributed by atoms with Crippen LogP contribution in [-0.4, -0.2) is 59.3 Å². The minimum atomic E-state index is -2.70. The lowest BCUT2D eigenvalue weighted by Gasteiger charge is -2.56. The van der Waals surface area contributed by atoms with Crippen molar-refractivity contribution >= 4 is 20.3 Å². The van der Waals surface area contributed by atoms with Gasteiger partial charge >= 0.3 is 14.7 Å². The Kier molecular flexibility index (Phi) is 5.20. The van der Waals surface area contributed by atoms with E-state index in [-0.39, 0.29) is 40.5 Å². The van der Waals surface area contributed by atoms with Gasteiger partial charge in [-0.1, -0.05) is 41.5 Å².